The fourth-order valence-electron chi connectivity index (χ4n) is 7.14. The second-order valence-electron chi connectivity index (χ2n) is 15.2. The molecule has 15 heteroatoms. The molecule has 0 radical (unpaired) electrons. The van der Waals surface area contributed by atoms with Crippen molar-refractivity contribution >= 4 is 40.6 Å². The van der Waals surface area contributed by atoms with E-state index in [1.54, 1.807) is 18.0 Å². The Hall–Kier alpha value is -4.89. The fourth-order valence-corrected chi connectivity index (χ4v) is 7.81. The van der Waals surface area contributed by atoms with Gasteiger partial charge in [0.1, 0.15) is 17.0 Å². The molecular weight excluding hydrogens is 769 g/mol. The van der Waals surface area contributed by atoms with Gasteiger partial charge in [0.25, 0.3) is 5.56 Å². The van der Waals surface area contributed by atoms with Crippen LogP contribution in [0, 0.1) is 6.92 Å². The number of carbonyl (C=O) groups excluding carboxylic acids is 1. The average Bonchev–Trinajstić information content (AvgIpc) is 3.59. The summed E-state index contributed by atoms with van der Waals surface area (Å²) in [6.45, 7) is 8.50. The molecule has 0 saturated carbocycles. The largest absolute Gasteiger partial charge is 0.481 e. The van der Waals surface area contributed by atoms with Crippen molar-refractivity contribution < 1.29 is 24.5 Å². The minimum Gasteiger partial charge on any atom is -0.481 e. The Morgan fingerprint density at radius 2 is 1.70 bits per heavy atom. The van der Waals surface area contributed by atoms with Crippen LogP contribution in [-0.2, 0) is 16.1 Å². The Bertz CT molecular complexity index is 2430. The second-order valence-corrected chi connectivity index (χ2v) is 16.0. The van der Waals surface area contributed by atoms with Crippen molar-refractivity contribution in [3.8, 4) is 39.4 Å². The van der Waals surface area contributed by atoms with Crippen molar-refractivity contribution in [2.45, 2.75) is 71.2 Å². The zero-order chi connectivity index (χ0) is 40.6. The molecule has 2 aliphatic rings. The molecule has 57 heavy (non-hydrogen) atoms. The number of hydrogen-bond acceptors (Lipinski definition) is 11. The first-order valence-electron chi connectivity index (χ1n) is 18.7. The number of β-amino-alcohol motifs (C(OH)–C–C–N with tert-alkyl or cyclic N) is 1. The Labute approximate surface area is 340 Å². The van der Waals surface area contributed by atoms with Gasteiger partial charge in [0.05, 0.1) is 46.8 Å². The van der Waals surface area contributed by atoms with E-state index in [4.69, 9.17) is 42.6 Å². The van der Waals surface area contributed by atoms with Crippen LogP contribution in [-0.4, -0.2) is 92.1 Å². The first-order valence-corrected chi connectivity index (χ1v) is 19.5. The summed E-state index contributed by atoms with van der Waals surface area (Å²) >= 11 is 14.3. The molecule has 1 amide bonds. The fraction of sp³-hybridized carbons (Fsp3) is 0.357. The van der Waals surface area contributed by atoms with E-state index in [0.29, 0.717) is 92.5 Å². The number of aliphatic hydroxyl groups is 2. The summed E-state index contributed by atoms with van der Waals surface area (Å²) < 4.78 is 13.1. The number of aliphatic hydroxyl groups excluding tert-OH is 2. The van der Waals surface area contributed by atoms with Gasteiger partial charge in [0, 0.05) is 66.1 Å². The summed E-state index contributed by atoms with van der Waals surface area (Å²) in [5.74, 6) is 0.765. The van der Waals surface area contributed by atoms with Gasteiger partial charge in [0.15, 0.2) is 0 Å². The number of rotatable bonds is 11. The van der Waals surface area contributed by atoms with Crippen molar-refractivity contribution in [3.63, 3.8) is 0 Å². The lowest BCUT2D eigenvalue weighted by atomic mass is 9.97. The third-order valence-corrected chi connectivity index (χ3v) is 10.7. The molecule has 13 nitrogen and oxygen atoms in total. The maximum atomic E-state index is 13.6. The van der Waals surface area contributed by atoms with Crippen LogP contribution in [0.5, 0.6) is 5.88 Å². The van der Waals surface area contributed by atoms with Crippen molar-refractivity contribution in [1.82, 2.24) is 29.9 Å². The van der Waals surface area contributed by atoms with Crippen LogP contribution in [0.3, 0.4) is 0 Å². The number of benzene rings is 2. The molecule has 5 heterocycles. The van der Waals surface area contributed by atoms with Crippen molar-refractivity contribution in [3.05, 3.63) is 104 Å². The predicted octanol–water partition coefficient (Wildman–Crippen LogP) is 5.60. The smallest absolute Gasteiger partial charge is 0.269 e. The molecule has 298 valence electrons. The summed E-state index contributed by atoms with van der Waals surface area (Å²) in [6, 6.07) is 18.6. The molecule has 2 aliphatic heterocycles. The van der Waals surface area contributed by atoms with Crippen LogP contribution in [0.25, 0.3) is 39.2 Å². The number of aliphatic imine (C=N–C) groups is 1. The minimum atomic E-state index is -1.24. The van der Waals surface area contributed by atoms with Crippen LogP contribution in [0.15, 0.2) is 76.6 Å². The van der Waals surface area contributed by atoms with Gasteiger partial charge >= 0.3 is 0 Å². The molecule has 0 bridgehead atoms. The van der Waals surface area contributed by atoms with E-state index >= 15 is 0 Å². The number of carbonyl (C=O) groups is 1. The van der Waals surface area contributed by atoms with Crippen molar-refractivity contribution in [2.24, 2.45) is 4.99 Å². The standard InChI is InChI=1S/C42H45Cl2N7O6/c1-23-35(38-45-19-27(52)20-46-38)40(54)51-17-16-24(18-33(51)47-23)28-8-6-9-29(36(28)43)30-10-7-11-31(37(30)44)32-14-12-25(39(49-32)56-5)21-50(41(55)57-42(2,3)4)22-26-13-15-34(53)48-26/h6-12,14,16-18,26-27,41,52,55H,13,15,19-22H2,1-5H3,(H,45,46)(H,48,53)/t26-,41?/m0/s1. The maximum absolute atomic E-state index is 13.6. The molecule has 3 aromatic heterocycles. The summed E-state index contributed by atoms with van der Waals surface area (Å²) in [5.41, 5.74) is 5.28. The van der Waals surface area contributed by atoms with E-state index in [1.807, 2.05) is 81.4 Å². The summed E-state index contributed by atoms with van der Waals surface area (Å²) in [6.07, 6.45) is 0.939. The Morgan fingerprint density at radius 3 is 2.35 bits per heavy atom. The molecule has 0 spiro atoms. The molecule has 0 aliphatic carbocycles. The number of methoxy groups -OCH3 is 1. The monoisotopic (exact) mass is 813 g/mol. The van der Waals surface area contributed by atoms with E-state index in [9.17, 15) is 19.8 Å². The lowest BCUT2D eigenvalue weighted by molar-refractivity contribution is -0.242. The molecule has 3 atom stereocenters. The van der Waals surface area contributed by atoms with E-state index in [2.05, 4.69) is 15.6 Å². The number of nitrogens with one attached hydrogen (secondary N) is 2. The van der Waals surface area contributed by atoms with Crippen LogP contribution in [0.1, 0.15) is 50.4 Å². The number of amidine groups is 1. The Balaban J connectivity index is 1.18. The SMILES string of the molecule is COc1nc(-c2cccc(-c3cccc(-c4ccn5c(=O)c(C6=NCC(O)CN6)c(C)nc5c4)c3Cl)c2Cl)ccc1CN(C[C@@H]1CCC(=O)N1)C(O)OC(C)(C)C. The normalized spacial score (nSPS) is 17.7. The van der Waals surface area contributed by atoms with Crippen LogP contribution in [0.4, 0.5) is 0 Å². The first kappa shape index (κ1) is 40.3. The molecule has 1 fully saturated rings. The highest BCUT2D eigenvalue weighted by Crippen LogP contribution is 2.42. The molecule has 5 aromatic rings. The number of ether oxygens (including phenoxy) is 2. The van der Waals surface area contributed by atoms with E-state index in [-0.39, 0.29) is 30.6 Å². The first-order chi connectivity index (χ1) is 27.2. The molecule has 2 unspecified atom stereocenters. The number of halogens is 2. The number of aromatic nitrogens is 3. The average molecular weight is 815 g/mol. The summed E-state index contributed by atoms with van der Waals surface area (Å²) in [5, 5.41) is 27.9. The number of aryl methyl sites for hydroxylation is 1. The lowest BCUT2D eigenvalue weighted by Crippen LogP contribution is -2.47. The van der Waals surface area contributed by atoms with Crippen LogP contribution in [0.2, 0.25) is 10.0 Å². The quantitative estimate of drug-likeness (QED) is 0.124. The second kappa shape index (κ2) is 16.5. The summed E-state index contributed by atoms with van der Waals surface area (Å²) in [4.78, 5) is 41.2. The zero-order valence-electron chi connectivity index (χ0n) is 32.3. The highest BCUT2D eigenvalue weighted by Gasteiger charge is 2.30. The van der Waals surface area contributed by atoms with E-state index in [1.165, 1.54) is 11.5 Å². The molecule has 1 saturated heterocycles. The van der Waals surface area contributed by atoms with E-state index < -0.39 is 18.1 Å². The van der Waals surface area contributed by atoms with Gasteiger partial charge in [-0.05, 0) is 57.9 Å². The van der Waals surface area contributed by atoms with Crippen LogP contribution >= 0.6 is 23.2 Å². The van der Waals surface area contributed by atoms with E-state index in [0.717, 1.165) is 11.1 Å². The third-order valence-electron chi connectivity index (χ3n) is 9.91. The minimum absolute atomic E-state index is 0.0117. The number of hydrogen-bond donors (Lipinski definition) is 4. The van der Waals surface area contributed by atoms with Gasteiger partial charge < -0.3 is 30.3 Å². The number of amides is 1. The molecule has 4 N–H and O–H groups in total. The predicted molar refractivity (Wildman–Crippen MR) is 221 cm³/mol. The van der Waals surface area contributed by atoms with Gasteiger partial charge in [-0.1, -0.05) is 65.7 Å². The molecular formula is C42H45Cl2N7O6. The lowest BCUT2D eigenvalue weighted by Gasteiger charge is -2.34. The molecule has 2 aromatic carbocycles. The van der Waals surface area contributed by atoms with Crippen LogP contribution < -0.4 is 20.9 Å². The number of fused-ring (bicyclic) bond motifs is 1. The Kier molecular flexibility index (Phi) is 11.7. The maximum Gasteiger partial charge on any atom is 0.269 e. The summed E-state index contributed by atoms with van der Waals surface area (Å²) in [7, 11) is 1.54. The van der Waals surface area contributed by atoms with Gasteiger partial charge in [-0.2, -0.15) is 0 Å². The topological polar surface area (TPSA) is 163 Å². The number of nitrogens with zero attached hydrogens (tertiary/aromatic N) is 5. The van der Waals surface area contributed by atoms with Crippen molar-refractivity contribution in [1.29, 1.82) is 0 Å². The molecule has 7 rings (SSSR count). The van der Waals surface area contributed by atoms with Gasteiger partial charge in [-0.25, -0.2) is 14.9 Å². The van der Waals surface area contributed by atoms with Gasteiger partial charge in [0.2, 0.25) is 18.2 Å². The zero-order valence-corrected chi connectivity index (χ0v) is 33.9. The third kappa shape index (κ3) is 8.69. The Morgan fingerprint density at radius 1 is 1.00 bits per heavy atom. The van der Waals surface area contributed by atoms with Gasteiger partial charge in [-0.3, -0.25) is 19.0 Å². The highest BCUT2D eigenvalue weighted by atomic mass is 35.5. The van der Waals surface area contributed by atoms with Crippen molar-refractivity contribution in [2.75, 3.05) is 26.7 Å². The highest BCUT2D eigenvalue weighted by molar-refractivity contribution is 6.39. The van der Waals surface area contributed by atoms with Gasteiger partial charge in [-0.15, -0.1) is 0 Å². The number of pyridine rings is 2.